The fourth-order valence-corrected chi connectivity index (χ4v) is 2.99. The summed E-state index contributed by atoms with van der Waals surface area (Å²) in [5.74, 6) is 1.70. The molecular weight excluding hydrogens is 330 g/mol. The van der Waals surface area contributed by atoms with Crippen LogP contribution in [0.25, 0.3) is 0 Å². The maximum absolute atomic E-state index is 12.1. The summed E-state index contributed by atoms with van der Waals surface area (Å²) in [6.07, 6.45) is 0.887. The van der Waals surface area contributed by atoms with Crippen LogP contribution in [-0.4, -0.2) is 22.7 Å². The first-order valence-electron chi connectivity index (χ1n) is 8.62. The third-order valence-electron chi connectivity index (χ3n) is 4.36. The summed E-state index contributed by atoms with van der Waals surface area (Å²) in [5.41, 5.74) is 2.18. The van der Waals surface area contributed by atoms with E-state index in [0.717, 1.165) is 23.3 Å². The molecule has 2 aromatic carbocycles. The van der Waals surface area contributed by atoms with Crippen LogP contribution in [0.4, 0.5) is 0 Å². The van der Waals surface area contributed by atoms with Crippen LogP contribution < -0.4 is 10.1 Å². The van der Waals surface area contributed by atoms with E-state index >= 15 is 0 Å². The Labute approximate surface area is 151 Å². The molecule has 0 fully saturated rings. The SMILES string of the molecule is O=C(Cc1noc(C2COc3ccccc3C2)n1)NCc1ccccc1. The molecule has 0 aliphatic carbocycles. The highest BCUT2D eigenvalue weighted by atomic mass is 16.5. The maximum Gasteiger partial charge on any atom is 0.233 e. The van der Waals surface area contributed by atoms with Gasteiger partial charge in [-0.1, -0.05) is 53.7 Å². The van der Waals surface area contributed by atoms with Crippen molar-refractivity contribution >= 4 is 5.91 Å². The van der Waals surface area contributed by atoms with Gasteiger partial charge < -0.3 is 14.6 Å². The van der Waals surface area contributed by atoms with Gasteiger partial charge in [-0.3, -0.25) is 4.79 Å². The quantitative estimate of drug-likeness (QED) is 0.766. The van der Waals surface area contributed by atoms with Crippen molar-refractivity contribution in [3.8, 4) is 5.75 Å². The van der Waals surface area contributed by atoms with Gasteiger partial charge in [-0.25, -0.2) is 0 Å². The van der Waals surface area contributed by atoms with Gasteiger partial charge in [0.25, 0.3) is 0 Å². The van der Waals surface area contributed by atoms with E-state index in [9.17, 15) is 4.79 Å². The van der Waals surface area contributed by atoms with E-state index in [0.29, 0.717) is 24.9 Å². The van der Waals surface area contributed by atoms with Gasteiger partial charge in [-0.15, -0.1) is 0 Å². The number of nitrogens with zero attached hydrogens (tertiary/aromatic N) is 2. The van der Waals surface area contributed by atoms with Gasteiger partial charge in [-0.05, 0) is 23.6 Å². The highest BCUT2D eigenvalue weighted by Crippen LogP contribution is 2.31. The zero-order valence-electron chi connectivity index (χ0n) is 14.2. The molecule has 1 unspecified atom stereocenters. The Bertz CT molecular complexity index is 892. The van der Waals surface area contributed by atoms with E-state index in [1.54, 1.807) is 0 Å². The number of fused-ring (bicyclic) bond motifs is 1. The Hall–Kier alpha value is -3.15. The van der Waals surface area contributed by atoms with Crippen molar-refractivity contribution in [1.29, 1.82) is 0 Å². The first kappa shape index (κ1) is 16.3. The number of benzene rings is 2. The third-order valence-corrected chi connectivity index (χ3v) is 4.36. The van der Waals surface area contributed by atoms with Crippen LogP contribution in [0.1, 0.15) is 28.8 Å². The molecule has 1 aliphatic rings. The topological polar surface area (TPSA) is 77.2 Å². The summed E-state index contributed by atoms with van der Waals surface area (Å²) in [6.45, 7) is 0.983. The second-order valence-corrected chi connectivity index (χ2v) is 6.31. The van der Waals surface area contributed by atoms with Gasteiger partial charge >= 0.3 is 0 Å². The van der Waals surface area contributed by atoms with Crippen molar-refractivity contribution < 1.29 is 14.1 Å². The molecule has 26 heavy (non-hydrogen) atoms. The Morgan fingerprint density at radius 1 is 1.12 bits per heavy atom. The summed E-state index contributed by atoms with van der Waals surface area (Å²) in [4.78, 5) is 16.5. The Kier molecular flexibility index (Phi) is 4.64. The number of carbonyl (C=O) groups excluding carboxylic acids is 1. The summed E-state index contributed by atoms with van der Waals surface area (Å²) >= 11 is 0. The molecule has 0 bridgehead atoms. The first-order chi connectivity index (χ1) is 12.8. The smallest absolute Gasteiger partial charge is 0.233 e. The molecule has 6 heteroatoms. The normalized spacial score (nSPS) is 15.8. The monoisotopic (exact) mass is 349 g/mol. The van der Waals surface area contributed by atoms with Gasteiger partial charge in [0.2, 0.25) is 11.8 Å². The average molecular weight is 349 g/mol. The minimum atomic E-state index is -0.133. The molecule has 1 atom stereocenters. The van der Waals surface area contributed by atoms with Crippen molar-refractivity contribution in [2.45, 2.75) is 25.3 Å². The minimum Gasteiger partial charge on any atom is -0.492 e. The predicted octanol–water partition coefficient (Wildman–Crippen LogP) is 2.65. The van der Waals surface area contributed by atoms with Crippen LogP contribution in [0, 0.1) is 0 Å². The zero-order valence-corrected chi connectivity index (χ0v) is 14.2. The summed E-state index contributed by atoms with van der Waals surface area (Å²) in [5, 5.41) is 6.80. The number of aromatic nitrogens is 2. The van der Waals surface area contributed by atoms with Crippen LogP contribution in [0.15, 0.2) is 59.1 Å². The molecule has 1 amide bonds. The minimum absolute atomic E-state index is 0.0125. The lowest BCUT2D eigenvalue weighted by molar-refractivity contribution is -0.120. The van der Waals surface area contributed by atoms with Crippen molar-refractivity contribution in [1.82, 2.24) is 15.5 Å². The van der Waals surface area contributed by atoms with E-state index < -0.39 is 0 Å². The van der Waals surface area contributed by atoms with Crippen LogP contribution in [0.5, 0.6) is 5.75 Å². The molecule has 1 N–H and O–H groups in total. The van der Waals surface area contributed by atoms with E-state index in [-0.39, 0.29) is 18.2 Å². The van der Waals surface area contributed by atoms with E-state index in [4.69, 9.17) is 9.26 Å². The highest BCUT2D eigenvalue weighted by molar-refractivity contribution is 5.77. The number of hydrogen-bond donors (Lipinski definition) is 1. The molecule has 132 valence electrons. The van der Waals surface area contributed by atoms with Gasteiger partial charge in [0.1, 0.15) is 12.4 Å². The van der Waals surface area contributed by atoms with Crippen LogP contribution >= 0.6 is 0 Å². The van der Waals surface area contributed by atoms with Gasteiger partial charge in [0.15, 0.2) is 5.82 Å². The van der Waals surface area contributed by atoms with Gasteiger partial charge in [0, 0.05) is 6.54 Å². The number of rotatable bonds is 5. The second kappa shape index (κ2) is 7.39. The molecule has 6 nitrogen and oxygen atoms in total. The lowest BCUT2D eigenvalue weighted by Crippen LogP contribution is -2.25. The average Bonchev–Trinajstić information content (AvgIpc) is 3.15. The van der Waals surface area contributed by atoms with Crippen molar-refractivity contribution in [3.63, 3.8) is 0 Å². The molecule has 1 aromatic heterocycles. The first-order valence-corrected chi connectivity index (χ1v) is 8.62. The molecule has 0 saturated heterocycles. The summed E-state index contributed by atoms with van der Waals surface area (Å²) < 4.78 is 11.1. The summed E-state index contributed by atoms with van der Waals surface area (Å²) in [7, 11) is 0. The lowest BCUT2D eigenvalue weighted by atomic mass is 9.97. The van der Waals surface area contributed by atoms with E-state index in [1.807, 2.05) is 54.6 Å². The fraction of sp³-hybridized carbons (Fsp3) is 0.250. The molecule has 4 rings (SSSR count). The Balaban J connectivity index is 1.34. The molecule has 1 aliphatic heterocycles. The van der Waals surface area contributed by atoms with Gasteiger partial charge in [-0.2, -0.15) is 4.98 Å². The Morgan fingerprint density at radius 3 is 2.81 bits per heavy atom. The number of carbonyl (C=O) groups is 1. The Morgan fingerprint density at radius 2 is 1.92 bits per heavy atom. The largest absolute Gasteiger partial charge is 0.492 e. The van der Waals surface area contributed by atoms with Gasteiger partial charge in [0.05, 0.1) is 12.3 Å². The van der Waals surface area contributed by atoms with Crippen molar-refractivity contribution in [2.24, 2.45) is 0 Å². The lowest BCUT2D eigenvalue weighted by Gasteiger charge is -2.22. The number of ether oxygens (including phenoxy) is 1. The van der Waals surface area contributed by atoms with Crippen molar-refractivity contribution in [2.75, 3.05) is 6.61 Å². The second-order valence-electron chi connectivity index (χ2n) is 6.31. The fourth-order valence-electron chi connectivity index (χ4n) is 2.99. The third kappa shape index (κ3) is 3.74. The van der Waals surface area contributed by atoms with Crippen LogP contribution in [0.2, 0.25) is 0 Å². The van der Waals surface area contributed by atoms with Crippen LogP contribution in [0.3, 0.4) is 0 Å². The van der Waals surface area contributed by atoms with Crippen molar-refractivity contribution in [3.05, 3.63) is 77.4 Å². The molecule has 3 aromatic rings. The number of amides is 1. The van der Waals surface area contributed by atoms with E-state index in [1.165, 1.54) is 0 Å². The molecule has 0 radical (unpaired) electrons. The van der Waals surface area contributed by atoms with Crippen LogP contribution in [-0.2, 0) is 24.2 Å². The number of hydrogen-bond acceptors (Lipinski definition) is 5. The molecule has 0 spiro atoms. The summed E-state index contributed by atoms with van der Waals surface area (Å²) in [6, 6.07) is 17.7. The standard InChI is InChI=1S/C20H19N3O3/c24-19(21-12-14-6-2-1-3-7-14)11-18-22-20(26-23-18)16-10-15-8-4-5-9-17(15)25-13-16/h1-9,16H,10-13H2,(H,21,24). The maximum atomic E-state index is 12.1. The number of para-hydroxylation sites is 1. The molecule has 0 saturated carbocycles. The number of nitrogens with one attached hydrogen (secondary N) is 1. The zero-order chi connectivity index (χ0) is 17.8. The highest BCUT2D eigenvalue weighted by Gasteiger charge is 2.26. The van der Waals surface area contributed by atoms with E-state index in [2.05, 4.69) is 15.5 Å². The molecule has 2 heterocycles. The predicted molar refractivity (Wildman–Crippen MR) is 94.7 cm³/mol. The molecular formula is C20H19N3O3.